The van der Waals surface area contributed by atoms with Crippen LogP contribution in [0.25, 0.3) is 5.57 Å². The molecule has 0 aliphatic heterocycles. The van der Waals surface area contributed by atoms with Crippen LogP contribution in [-0.4, -0.2) is 7.05 Å². The third-order valence-electron chi connectivity index (χ3n) is 3.15. The molecule has 0 aromatic heterocycles. The average molecular weight is 257 g/mol. The van der Waals surface area contributed by atoms with E-state index in [1.54, 1.807) is 0 Å². The Bertz CT molecular complexity index is 694. The third-order valence-corrected chi connectivity index (χ3v) is 3.15. The van der Waals surface area contributed by atoms with E-state index in [2.05, 4.69) is 23.7 Å². The van der Waals surface area contributed by atoms with E-state index in [1.165, 1.54) is 5.56 Å². The van der Waals surface area contributed by atoms with Gasteiger partial charge in [0.2, 0.25) is 5.43 Å². The molecule has 2 rings (SSSR count). The predicted octanol–water partition coefficient (Wildman–Crippen LogP) is 0.131. The Kier molecular flexibility index (Phi) is 3.74. The Morgan fingerprint density at radius 1 is 1.26 bits per heavy atom. The summed E-state index contributed by atoms with van der Waals surface area (Å²) in [6.45, 7) is 4.69. The van der Waals surface area contributed by atoms with Crippen LogP contribution in [0.4, 0.5) is 5.69 Å². The molecule has 2 aromatic rings. The van der Waals surface area contributed by atoms with Gasteiger partial charge in [-0.3, -0.25) is 9.59 Å². The first kappa shape index (κ1) is 13.4. The maximum atomic E-state index is 11.5. The molecule has 4 N–H and O–H groups in total. The predicted molar refractivity (Wildman–Crippen MR) is 75.8 cm³/mol. The highest BCUT2D eigenvalue weighted by atomic mass is 16.2. The number of quaternary nitrogens is 1. The summed E-state index contributed by atoms with van der Waals surface area (Å²) in [5.41, 5.74) is 6.27. The van der Waals surface area contributed by atoms with Crippen molar-refractivity contribution < 1.29 is 5.73 Å². The fourth-order valence-electron chi connectivity index (χ4n) is 2.20. The Morgan fingerprint density at radius 2 is 1.95 bits per heavy atom. The monoisotopic (exact) mass is 257 g/mol. The van der Waals surface area contributed by atoms with Gasteiger partial charge in [0.25, 0.3) is 5.43 Å². The van der Waals surface area contributed by atoms with E-state index in [1.807, 2.05) is 25.2 Å². The van der Waals surface area contributed by atoms with Crippen LogP contribution in [0.15, 0.2) is 40.4 Å². The van der Waals surface area contributed by atoms with Crippen LogP contribution in [0.1, 0.15) is 16.7 Å². The van der Waals surface area contributed by atoms with Crippen LogP contribution < -0.4 is 21.9 Å². The van der Waals surface area contributed by atoms with Crippen LogP contribution >= 0.6 is 0 Å². The Morgan fingerprint density at radius 3 is 2.58 bits per heavy atom. The molecule has 19 heavy (non-hydrogen) atoms. The minimum atomic E-state index is -0.486. The summed E-state index contributed by atoms with van der Waals surface area (Å²) < 4.78 is 0. The van der Waals surface area contributed by atoms with E-state index in [0.717, 1.165) is 12.1 Å². The van der Waals surface area contributed by atoms with Crippen LogP contribution in [0.2, 0.25) is 0 Å². The number of nitrogens with one attached hydrogen (secondary N) is 1. The van der Waals surface area contributed by atoms with Crippen LogP contribution in [0, 0.1) is 0 Å². The van der Waals surface area contributed by atoms with Crippen molar-refractivity contribution in [2.75, 3.05) is 7.05 Å². The van der Waals surface area contributed by atoms with E-state index in [9.17, 15) is 9.59 Å². The fourth-order valence-corrected chi connectivity index (χ4v) is 2.20. The van der Waals surface area contributed by atoms with Crippen molar-refractivity contribution >= 4 is 11.3 Å². The quantitative estimate of drug-likeness (QED) is 0.748. The summed E-state index contributed by atoms with van der Waals surface area (Å²) in [6.07, 6.45) is 0.560. The van der Waals surface area contributed by atoms with Gasteiger partial charge in [-0.1, -0.05) is 30.8 Å². The highest BCUT2D eigenvalue weighted by Crippen LogP contribution is 2.19. The zero-order valence-electron chi connectivity index (χ0n) is 11.0. The lowest BCUT2D eigenvalue weighted by Crippen LogP contribution is -2.56. The zero-order chi connectivity index (χ0) is 14.0. The molecule has 0 radical (unpaired) electrons. The Labute approximate surface area is 111 Å². The van der Waals surface area contributed by atoms with Gasteiger partial charge in [0.05, 0.1) is 5.56 Å². The second-order valence-electron chi connectivity index (χ2n) is 4.64. The number of benzene rings is 1. The summed E-state index contributed by atoms with van der Waals surface area (Å²) in [6, 6.07) is 8.06. The topological polar surface area (TPSA) is 73.8 Å². The number of hydrogen-bond acceptors (Lipinski definition) is 3. The summed E-state index contributed by atoms with van der Waals surface area (Å²) in [7, 11) is 1.89. The average Bonchev–Trinajstić information content (AvgIpc) is 2.39. The number of hydrogen-bond donors (Lipinski definition) is 2. The molecule has 2 aromatic carbocycles. The minimum absolute atomic E-state index is 0.293. The van der Waals surface area contributed by atoms with Crippen molar-refractivity contribution in [2.24, 2.45) is 0 Å². The smallest absolute Gasteiger partial charge is 0.287 e. The largest absolute Gasteiger partial charge is 0.321 e. The van der Waals surface area contributed by atoms with Gasteiger partial charge >= 0.3 is 0 Å². The molecular formula is C15H17N2O2+. The first-order valence-electron chi connectivity index (χ1n) is 6.10. The van der Waals surface area contributed by atoms with Gasteiger partial charge in [-0.2, -0.15) is 0 Å². The molecule has 0 spiro atoms. The van der Waals surface area contributed by atoms with Gasteiger partial charge in [-0.25, -0.2) is 0 Å². The molecule has 0 atom stereocenters. The SMILES string of the molecule is C=C(Cc1cccc(CNC)c1)c1c([NH3+])c(=O)c1=O. The molecule has 0 fully saturated rings. The molecular weight excluding hydrogens is 240 g/mol. The molecule has 0 heterocycles. The lowest BCUT2D eigenvalue weighted by atomic mass is 9.94. The maximum absolute atomic E-state index is 11.5. The molecule has 0 saturated heterocycles. The van der Waals surface area contributed by atoms with Gasteiger partial charge in [0.1, 0.15) is 0 Å². The van der Waals surface area contributed by atoms with Crippen LogP contribution in [0.3, 0.4) is 0 Å². The molecule has 0 aliphatic rings. The number of allylic oxidation sites excluding steroid dienone is 1. The van der Waals surface area contributed by atoms with E-state index >= 15 is 0 Å². The number of rotatable bonds is 5. The zero-order valence-corrected chi connectivity index (χ0v) is 11.0. The lowest BCUT2D eigenvalue weighted by molar-refractivity contribution is -0.258. The van der Waals surface area contributed by atoms with Gasteiger partial charge in [0.15, 0.2) is 5.69 Å². The molecule has 0 aliphatic carbocycles. The highest BCUT2D eigenvalue weighted by Gasteiger charge is 2.23. The van der Waals surface area contributed by atoms with Crippen LogP contribution in [0.5, 0.6) is 0 Å². The van der Waals surface area contributed by atoms with Gasteiger partial charge < -0.3 is 11.1 Å². The van der Waals surface area contributed by atoms with E-state index in [-0.39, 0.29) is 0 Å². The van der Waals surface area contributed by atoms with E-state index in [4.69, 9.17) is 0 Å². The van der Waals surface area contributed by atoms with Gasteiger partial charge in [0, 0.05) is 6.54 Å². The second-order valence-corrected chi connectivity index (χ2v) is 4.64. The first-order valence-corrected chi connectivity index (χ1v) is 6.10. The normalized spacial score (nSPS) is 10.8. The van der Waals surface area contributed by atoms with E-state index in [0.29, 0.717) is 23.2 Å². The molecule has 0 saturated carbocycles. The summed E-state index contributed by atoms with van der Waals surface area (Å²) in [5, 5.41) is 3.09. The molecule has 4 nitrogen and oxygen atoms in total. The van der Waals surface area contributed by atoms with Gasteiger partial charge in [-0.15, -0.1) is 0 Å². The van der Waals surface area contributed by atoms with Crippen molar-refractivity contribution in [2.45, 2.75) is 13.0 Å². The summed E-state index contributed by atoms with van der Waals surface area (Å²) >= 11 is 0. The van der Waals surface area contributed by atoms with Crippen molar-refractivity contribution in [3.05, 3.63) is 68.0 Å². The summed E-state index contributed by atoms with van der Waals surface area (Å²) in [5.74, 6) is 0. The van der Waals surface area contributed by atoms with Crippen molar-refractivity contribution in [1.29, 1.82) is 0 Å². The molecule has 98 valence electrons. The fraction of sp³-hybridized carbons (Fsp3) is 0.200. The molecule has 0 amide bonds. The first-order chi connectivity index (χ1) is 9.04. The standard InChI is InChI=1S/C15H16N2O2/c1-9(12-13(16)15(19)14(12)18)6-10-4-3-5-11(7-10)8-17-2/h3-5,7,17H,1,6,8,16H2,2H3/p+1. The Hall–Kier alpha value is -2.04. The molecule has 0 unspecified atom stereocenters. The maximum Gasteiger partial charge on any atom is 0.287 e. The summed E-state index contributed by atoms with van der Waals surface area (Å²) in [4.78, 5) is 22.6. The third kappa shape index (κ3) is 2.54. The Balaban J connectivity index is 2.18. The minimum Gasteiger partial charge on any atom is -0.321 e. The van der Waals surface area contributed by atoms with Crippen molar-refractivity contribution in [3.8, 4) is 0 Å². The van der Waals surface area contributed by atoms with Crippen molar-refractivity contribution in [3.63, 3.8) is 0 Å². The lowest BCUT2D eigenvalue weighted by Gasteiger charge is -2.09. The molecule has 4 heteroatoms. The van der Waals surface area contributed by atoms with E-state index < -0.39 is 10.9 Å². The highest BCUT2D eigenvalue weighted by molar-refractivity contribution is 5.75. The molecule has 0 bridgehead atoms. The van der Waals surface area contributed by atoms with Crippen molar-refractivity contribution in [1.82, 2.24) is 5.32 Å². The van der Waals surface area contributed by atoms with Gasteiger partial charge in [-0.05, 0) is 30.2 Å². The second kappa shape index (κ2) is 5.30. The van der Waals surface area contributed by atoms with Crippen LogP contribution in [-0.2, 0) is 13.0 Å².